The summed E-state index contributed by atoms with van der Waals surface area (Å²) < 4.78 is 21.6. The molecule has 0 bridgehead atoms. The quantitative estimate of drug-likeness (QED) is 0.337. The number of hydrogen-bond acceptors (Lipinski definition) is 5. The summed E-state index contributed by atoms with van der Waals surface area (Å²) in [6.45, 7) is 0.381. The lowest BCUT2D eigenvalue weighted by molar-refractivity contribution is -0.121. The molecular formula is C28H30N2O5. The molecule has 0 aliphatic rings. The minimum atomic E-state index is -0.184. The zero-order valence-corrected chi connectivity index (χ0v) is 20.4. The highest BCUT2D eigenvalue weighted by Gasteiger charge is 2.23. The Balaban J connectivity index is 1.61. The Bertz CT molecular complexity index is 1300. The predicted octanol–water partition coefficient (Wildman–Crippen LogP) is 5.04. The van der Waals surface area contributed by atoms with Gasteiger partial charge in [0.1, 0.15) is 11.5 Å². The van der Waals surface area contributed by atoms with Crippen molar-refractivity contribution < 1.29 is 23.7 Å². The van der Waals surface area contributed by atoms with Gasteiger partial charge in [0.25, 0.3) is 0 Å². The number of carbonyl (C=O) groups excluding carboxylic acids is 1. The third kappa shape index (κ3) is 5.19. The molecule has 4 aromatic rings. The summed E-state index contributed by atoms with van der Waals surface area (Å²) in [6.07, 6.45) is 2.23. The lowest BCUT2D eigenvalue weighted by Crippen LogP contribution is -2.25. The molecule has 7 heteroatoms. The van der Waals surface area contributed by atoms with E-state index in [2.05, 4.69) is 10.3 Å². The van der Waals surface area contributed by atoms with Crippen molar-refractivity contribution in [2.75, 3.05) is 28.4 Å². The molecule has 35 heavy (non-hydrogen) atoms. The second-order valence-electron chi connectivity index (χ2n) is 8.12. The van der Waals surface area contributed by atoms with Crippen LogP contribution in [0.15, 0.2) is 66.9 Å². The average molecular weight is 475 g/mol. The van der Waals surface area contributed by atoms with Gasteiger partial charge in [0.05, 0.1) is 28.4 Å². The van der Waals surface area contributed by atoms with E-state index in [-0.39, 0.29) is 18.2 Å². The zero-order valence-electron chi connectivity index (χ0n) is 20.4. The number of nitrogens with one attached hydrogen (secondary N) is 2. The standard InChI is InChI=1S/C28H30N2O5/c1-32-20-11-9-19(10-12-20)21(22-17-29-23-6-5-7-25(34-3)28(22)23)15-27(31)30-16-18-8-13-24(33-2)26(14-18)35-4/h5-14,17,21,29H,15-16H2,1-4H3,(H,30,31)/t21-/m1/s1. The molecule has 0 unspecified atom stereocenters. The van der Waals surface area contributed by atoms with Crippen LogP contribution in [0.2, 0.25) is 0 Å². The van der Waals surface area contributed by atoms with E-state index in [0.29, 0.717) is 18.0 Å². The summed E-state index contributed by atoms with van der Waals surface area (Å²) in [5, 5.41) is 4.02. The number of benzene rings is 3. The molecule has 0 aliphatic carbocycles. The lowest BCUT2D eigenvalue weighted by atomic mass is 9.87. The molecule has 1 aromatic heterocycles. The van der Waals surface area contributed by atoms with Crippen molar-refractivity contribution in [2.45, 2.75) is 18.9 Å². The number of aromatic nitrogens is 1. The number of aromatic amines is 1. The summed E-state index contributed by atoms with van der Waals surface area (Å²) in [6, 6.07) is 19.3. The molecular weight excluding hydrogens is 444 g/mol. The minimum Gasteiger partial charge on any atom is -0.497 e. The maximum atomic E-state index is 13.2. The first-order chi connectivity index (χ1) is 17.1. The molecule has 182 valence electrons. The molecule has 0 spiro atoms. The van der Waals surface area contributed by atoms with Crippen molar-refractivity contribution in [1.82, 2.24) is 10.3 Å². The number of ether oxygens (including phenoxy) is 4. The maximum absolute atomic E-state index is 13.2. The summed E-state index contributed by atoms with van der Waals surface area (Å²) in [5.41, 5.74) is 3.90. The van der Waals surface area contributed by atoms with Crippen molar-refractivity contribution in [3.63, 3.8) is 0 Å². The Morgan fingerprint density at radius 1 is 0.857 bits per heavy atom. The van der Waals surface area contributed by atoms with Gasteiger partial charge in [-0.15, -0.1) is 0 Å². The summed E-state index contributed by atoms with van der Waals surface area (Å²) >= 11 is 0. The van der Waals surface area contributed by atoms with Gasteiger partial charge in [0, 0.05) is 36.0 Å². The highest BCUT2D eigenvalue weighted by molar-refractivity contribution is 5.91. The van der Waals surface area contributed by atoms with Crippen LogP contribution in [-0.2, 0) is 11.3 Å². The van der Waals surface area contributed by atoms with Gasteiger partial charge in [-0.1, -0.05) is 24.3 Å². The smallest absolute Gasteiger partial charge is 0.221 e. The summed E-state index contributed by atoms with van der Waals surface area (Å²) in [4.78, 5) is 16.5. The zero-order chi connectivity index (χ0) is 24.8. The second-order valence-corrected chi connectivity index (χ2v) is 8.12. The Kier molecular flexibility index (Phi) is 7.45. The van der Waals surface area contributed by atoms with E-state index in [0.717, 1.165) is 39.1 Å². The molecule has 0 aliphatic heterocycles. The molecule has 2 N–H and O–H groups in total. The van der Waals surface area contributed by atoms with Crippen LogP contribution in [0.5, 0.6) is 23.0 Å². The van der Waals surface area contributed by atoms with Crippen LogP contribution < -0.4 is 24.3 Å². The fourth-order valence-corrected chi connectivity index (χ4v) is 4.31. The largest absolute Gasteiger partial charge is 0.497 e. The van der Waals surface area contributed by atoms with E-state index in [1.165, 1.54) is 0 Å². The van der Waals surface area contributed by atoms with Gasteiger partial charge in [0.2, 0.25) is 5.91 Å². The van der Waals surface area contributed by atoms with Gasteiger partial charge in [-0.25, -0.2) is 0 Å². The number of hydrogen-bond donors (Lipinski definition) is 2. The molecule has 0 saturated carbocycles. The fraction of sp³-hybridized carbons (Fsp3) is 0.250. The predicted molar refractivity (Wildman–Crippen MR) is 136 cm³/mol. The molecule has 0 fully saturated rings. The fourth-order valence-electron chi connectivity index (χ4n) is 4.31. The molecule has 4 rings (SSSR count). The average Bonchev–Trinajstić information content (AvgIpc) is 3.34. The van der Waals surface area contributed by atoms with Crippen LogP contribution >= 0.6 is 0 Å². The van der Waals surface area contributed by atoms with E-state index in [4.69, 9.17) is 18.9 Å². The van der Waals surface area contributed by atoms with Gasteiger partial charge in [-0.2, -0.15) is 0 Å². The van der Waals surface area contributed by atoms with Crippen LogP contribution in [0.3, 0.4) is 0 Å². The van der Waals surface area contributed by atoms with E-state index in [1.807, 2.05) is 66.9 Å². The first kappa shape index (κ1) is 24.0. The number of amides is 1. The lowest BCUT2D eigenvalue weighted by Gasteiger charge is -2.19. The Morgan fingerprint density at radius 3 is 2.29 bits per heavy atom. The Labute approximate surface area is 205 Å². The molecule has 3 aromatic carbocycles. The van der Waals surface area contributed by atoms with Gasteiger partial charge < -0.3 is 29.2 Å². The minimum absolute atomic E-state index is 0.0650. The summed E-state index contributed by atoms with van der Waals surface area (Å²) in [5.74, 6) is 2.56. The molecule has 1 heterocycles. The van der Waals surface area contributed by atoms with E-state index >= 15 is 0 Å². The highest BCUT2D eigenvalue weighted by Crippen LogP contribution is 2.38. The van der Waals surface area contributed by atoms with Crippen LogP contribution in [0.4, 0.5) is 0 Å². The van der Waals surface area contributed by atoms with E-state index in [1.54, 1.807) is 28.4 Å². The topological polar surface area (TPSA) is 81.8 Å². The monoisotopic (exact) mass is 474 g/mol. The van der Waals surface area contributed by atoms with Crippen LogP contribution in [0, 0.1) is 0 Å². The van der Waals surface area contributed by atoms with Crippen molar-refractivity contribution in [3.05, 3.63) is 83.6 Å². The molecule has 0 saturated heterocycles. The Morgan fingerprint density at radius 2 is 1.60 bits per heavy atom. The number of rotatable bonds is 10. The van der Waals surface area contributed by atoms with Gasteiger partial charge >= 0.3 is 0 Å². The Hall–Kier alpha value is -4.13. The SMILES string of the molecule is COc1ccc([C@@H](CC(=O)NCc2ccc(OC)c(OC)c2)c2c[nH]c3cccc(OC)c23)cc1. The number of methoxy groups -OCH3 is 4. The molecule has 1 atom stereocenters. The number of carbonyl (C=O) groups is 1. The molecule has 7 nitrogen and oxygen atoms in total. The van der Waals surface area contributed by atoms with Crippen molar-refractivity contribution in [1.29, 1.82) is 0 Å². The maximum Gasteiger partial charge on any atom is 0.221 e. The van der Waals surface area contributed by atoms with Crippen molar-refractivity contribution >= 4 is 16.8 Å². The summed E-state index contributed by atoms with van der Waals surface area (Å²) in [7, 11) is 6.48. The van der Waals surface area contributed by atoms with Crippen LogP contribution in [0.1, 0.15) is 29.0 Å². The molecule has 0 radical (unpaired) electrons. The third-order valence-corrected chi connectivity index (χ3v) is 6.14. The van der Waals surface area contributed by atoms with Crippen molar-refractivity contribution in [3.8, 4) is 23.0 Å². The first-order valence-corrected chi connectivity index (χ1v) is 11.3. The van der Waals surface area contributed by atoms with E-state index in [9.17, 15) is 4.79 Å². The molecule has 1 amide bonds. The highest BCUT2D eigenvalue weighted by atomic mass is 16.5. The number of H-pyrrole nitrogens is 1. The van der Waals surface area contributed by atoms with E-state index < -0.39 is 0 Å². The van der Waals surface area contributed by atoms with Crippen LogP contribution in [0.25, 0.3) is 10.9 Å². The second kappa shape index (κ2) is 10.9. The van der Waals surface area contributed by atoms with Gasteiger partial charge in [0.15, 0.2) is 11.5 Å². The first-order valence-electron chi connectivity index (χ1n) is 11.3. The van der Waals surface area contributed by atoms with Gasteiger partial charge in [-0.05, 0) is 53.1 Å². The third-order valence-electron chi connectivity index (χ3n) is 6.14. The van der Waals surface area contributed by atoms with Crippen LogP contribution in [-0.4, -0.2) is 39.3 Å². The number of fused-ring (bicyclic) bond motifs is 1. The van der Waals surface area contributed by atoms with Crippen molar-refractivity contribution in [2.24, 2.45) is 0 Å². The van der Waals surface area contributed by atoms with Gasteiger partial charge in [-0.3, -0.25) is 4.79 Å². The normalized spacial score (nSPS) is 11.7.